The van der Waals surface area contributed by atoms with Crippen LogP contribution in [0.2, 0.25) is 0 Å². The molecular weight excluding hydrogens is 362 g/mol. The number of nitrogens with one attached hydrogen (secondary N) is 1. The lowest BCUT2D eigenvalue weighted by molar-refractivity contribution is -0.0674. The fraction of sp³-hybridized carbons (Fsp3) is 0.714. The van der Waals surface area contributed by atoms with Crippen molar-refractivity contribution in [1.82, 2.24) is 9.62 Å². The molecule has 2 aliphatic rings. The van der Waals surface area contributed by atoms with E-state index in [4.69, 9.17) is 4.74 Å². The molecule has 0 radical (unpaired) electrons. The number of sulfonamides is 1. The van der Waals surface area contributed by atoms with Gasteiger partial charge in [-0.05, 0) is 11.4 Å². The summed E-state index contributed by atoms with van der Waals surface area (Å²) in [5, 5.41) is 12.0. The summed E-state index contributed by atoms with van der Waals surface area (Å²) in [5.74, 6) is -2.62. The molecular formula is C14H20F2N2O4S2. The number of hydrogen-bond donors (Lipinski definition) is 2. The third-order valence-corrected chi connectivity index (χ3v) is 7.26. The number of likely N-dealkylation sites (tertiary alicyclic amines) is 1. The highest BCUT2D eigenvalue weighted by Crippen LogP contribution is 2.28. The lowest BCUT2D eigenvalue weighted by Crippen LogP contribution is -2.48. The molecule has 2 aliphatic heterocycles. The Morgan fingerprint density at radius 3 is 2.75 bits per heavy atom. The molecule has 0 aromatic carbocycles. The number of halogens is 2. The van der Waals surface area contributed by atoms with Crippen molar-refractivity contribution in [3.05, 3.63) is 17.5 Å². The van der Waals surface area contributed by atoms with E-state index in [9.17, 15) is 22.3 Å². The molecule has 3 atom stereocenters. The number of alkyl halides is 2. The average molecular weight is 382 g/mol. The average Bonchev–Trinajstić information content (AvgIpc) is 3.15. The van der Waals surface area contributed by atoms with Crippen LogP contribution < -0.4 is 4.72 Å². The first-order valence-corrected chi connectivity index (χ1v) is 10.1. The number of ether oxygens (including phenoxy) is 1. The molecule has 3 heterocycles. The van der Waals surface area contributed by atoms with Crippen LogP contribution in [0.25, 0.3) is 0 Å². The maximum atomic E-state index is 13.2. The molecule has 0 aliphatic carbocycles. The number of nitrogens with zero attached hydrogens (tertiary/aromatic N) is 1. The van der Waals surface area contributed by atoms with Gasteiger partial charge >= 0.3 is 0 Å². The van der Waals surface area contributed by atoms with E-state index in [0.717, 1.165) is 11.3 Å². The quantitative estimate of drug-likeness (QED) is 0.791. The lowest BCUT2D eigenvalue weighted by atomic mass is 10.0. The van der Waals surface area contributed by atoms with E-state index in [1.165, 1.54) is 6.07 Å². The predicted molar refractivity (Wildman–Crippen MR) is 84.8 cm³/mol. The van der Waals surface area contributed by atoms with Gasteiger partial charge in [-0.2, -0.15) is 0 Å². The standard InChI is InChI=1S/C14H20F2N2O4S2/c15-14(16)3-5-18(6-4-14)8-11-13(19)10(9-22-11)17-24(20,21)12-2-1-7-23-12/h1-2,7,10-11,13,17,19H,3-6,8-9H2. The predicted octanol–water partition coefficient (Wildman–Crippen LogP) is 0.886. The van der Waals surface area contributed by atoms with Crippen LogP contribution in [-0.2, 0) is 14.8 Å². The zero-order valence-electron chi connectivity index (χ0n) is 12.9. The normalized spacial score (nSPS) is 31.4. The summed E-state index contributed by atoms with van der Waals surface area (Å²) in [4.78, 5) is 1.82. The Kier molecular flexibility index (Phi) is 5.24. The summed E-state index contributed by atoms with van der Waals surface area (Å²) in [7, 11) is -3.69. The second kappa shape index (κ2) is 6.93. The fourth-order valence-corrected chi connectivity index (χ4v) is 5.18. The number of aliphatic hydroxyl groups is 1. The minimum absolute atomic E-state index is 0.0560. The first-order valence-electron chi connectivity index (χ1n) is 7.72. The monoisotopic (exact) mass is 382 g/mol. The van der Waals surface area contributed by atoms with Crippen LogP contribution in [0.1, 0.15) is 12.8 Å². The summed E-state index contributed by atoms with van der Waals surface area (Å²) in [6, 6.07) is 2.38. The summed E-state index contributed by atoms with van der Waals surface area (Å²) in [6.45, 7) is 0.852. The van der Waals surface area contributed by atoms with Crippen molar-refractivity contribution in [3.8, 4) is 0 Å². The molecule has 2 fully saturated rings. The molecule has 10 heteroatoms. The van der Waals surface area contributed by atoms with Gasteiger partial charge in [0.25, 0.3) is 5.92 Å². The van der Waals surface area contributed by atoms with E-state index in [0.29, 0.717) is 6.54 Å². The number of aliphatic hydroxyl groups excluding tert-OH is 1. The topological polar surface area (TPSA) is 78.9 Å². The van der Waals surface area contributed by atoms with Crippen LogP contribution in [0.15, 0.2) is 21.7 Å². The minimum Gasteiger partial charge on any atom is -0.389 e. The van der Waals surface area contributed by atoms with Gasteiger partial charge in [-0.25, -0.2) is 21.9 Å². The van der Waals surface area contributed by atoms with Crippen LogP contribution in [0.4, 0.5) is 8.78 Å². The summed E-state index contributed by atoms with van der Waals surface area (Å²) in [6.07, 6.45) is -2.01. The van der Waals surface area contributed by atoms with Crippen LogP contribution in [0.3, 0.4) is 0 Å². The van der Waals surface area contributed by atoms with Gasteiger partial charge in [-0.3, -0.25) is 0 Å². The van der Waals surface area contributed by atoms with E-state index in [-0.39, 0.29) is 36.7 Å². The number of hydrogen-bond acceptors (Lipinski definition) is 6. The van der Waals surface area contributed by atoms with Crippen molar-refractivity contribution < 1.29 is 27.0 Å². The molecule has 1 aromatic heterocycles. The lowest BCUT2D eigenvalue weighted by Gasteiger charge is -2.33. The second-order valence-electron chi connectivity index (χ2n) is 6.18. The van der Waals surface area contributed by atoms with Gasteiger partial charge < -0.3 is 14.7 Å². The molecule has 6 nitrogen and oxygen atoms in total. The van der Waals surface area contributed by atoms with Crippen molar-refractivity contribution >= 4 is 21.4 Å². The van der Waals surface area contributed by atoms with Crippen LogP contribution in [0, 0.1) is 0 Å². The molecule has 0 bridgehead atoms. The van der Waals surface area contributed by atoms with Gasteiger partial charge in [0.1, 0.15) is 4.21 Å². The molecule has 0 spiro atoms. The van der Waals surface area contributed by atoms with Gasteiger partial charge in [-0.15, -0.1) is 11.3 Å². The van der Waals surface area contributed by atoms with E-state index in [1.54, 1.807) is 11.4 Å². The van der Waals surface area contributed by atoms with Crippen LogP contribution >= 0.6 is 11.3 Å². The van der Waals surface area contributed by atoms with Crippen LogP contribution in [-0.4, -0.2) is 68.8 Å². The molecule has 24 heavy (non-hydrogen) atoms. The van der Waals surface area contributed by atoms with Crippen molar-refractivity contribution in [1.29, 1.82) is 0 Å². The Morgan fingerprint density at radius 1 is 1.42 bits per heavy atom. The Morgan fingerprint density at radius 2 is 2.12 bits per heavy atom. The third kappa shape index (κ3) is 4.12. The first kappa shape index (κ1) is 18.2. The van der Waals surface area contributed by atoms with E-state index in [1.807, 2.05) is 4.90 Å². The van der Waals surface area contributed by atoms with Crippen molar-refractivity contribution in [2.24, 2.45) is 0 Å². The van der Waals surface area contributed by atoms with Gasteiger partial charge in [0.2, 0.25) is 10.0 Å². The zero-order chi connectivity index (χ0) is 17.4. The van der Waals surface area contributed by atoms with Gasteiger partial charge in [-0.1, -0.05) is 6.07 Å². The highest BCUT2D eigenvalue weighted by Gasteiger charge is 2.41. The summed E-state index contributed by atoms with van der Waals surface area (Å²) in [5.41, 5.74) is 0. The van der Waals surface area contributed by atoms with Gasteiger partial charge in [0, 0.05) is 32.5 Å². The molecule has 2 saturated heterocycles. The van der Waals surface area contributed by atoms with Crippen molar-refractivity contribution in [3.63, 3.8) is 0 Å². The second-order valence-corrected chi connectivity index (χ2v) is 9.07. The van der Waals surface area contributed by atoms with E-state index >= 15 is 0 Å². The minimum atomic E-state index is -3.69. The Balaban J connectivity index is 1.55. The molecule has 136 valence electrons. The van der Waals surface area contributed by atoms with Gasteiger partial charge in [0.05, 0.1) is 24.9 Å². The number of thiophene rings is 1. The Bertz CT molecular complexity index is 644. The molecule has 2 N–H and O–H groups in total. The smallest absolute Gasteiger partial charge is 0.250 e. The molecule has 1 aromatic rings. The Labute approximate surface area is 143 Å². The number of piperidine rings is 1. The first-order chi connectivity index (χ1) is 11.3. The maximum absolute atomic E-state index is 13.2. The third-order valence-electron chi connectivity index (χ3n) is 4.38. The molecule has 3 rings (SSSR count). The fourth-order valence-electron chi connectivity index (χ4n) is 2.94. The SMILES string of the molecule is O=S(=O)(NC1COC(CN2CCC(F)(F)CC2)C1O)c1cccs1. The van der Waals surface area contributed by atoms with Crippen LogP contribution in [0.5, 0.6) is 0 Å². The van der Waals surface area contributed by atoms with Crippen molar-refractivity contribution in [2.75, 3.05) is 26.2 Å². The molecule has 0 saturated carbocycles. The zero-order valence-corrected chi connectivity index (χ0v) is 14.5. The van der Waals surface area contributed by atoms with E-state index in [2.05, 4.69) is 4.72 Å². The summed E-state index contributed by atoms with van der Waals surface area (Å²) < 4.78 is 58.9. The molecule has 3 unspecified atom stereocenters. The van der Waals surface area contributed by atoms with E-state index < -0.39 is 34.2 Å². The Hall–Kier alpha value is -0.650. The maximum Gasteiger partial charge on any atom is 0.250 e. The van der Waals surface area contributed by atoms with Gasteiger partial charge in [0.15, 0.2) is 0 Å². The summed E-state index contributed by atoms with van der Waals surface area (Å²) >= 11 is 1.09. The highest BCUT2D eigenvalue weighted by atomic mass is 32.2. The highest BCUT2D eigenvalue weighted by molar-refractivity contribution is 7.91. The number of rotatable bonds is 5. The van der Waals surface area contributed by atoms with Crippen molar-refractivity contribution in [2.45, 2.75) is 41.2 Å². The largest absolute Gasteiger partial charge is 0.389 e. The molecule has 0 amide bonds.